The van der Waals surface area contributed by atoms with Crippen molar-refractivity contribution < 1.29 is 13.9 Å². The number of methoxy groups -OCH3 is 1. The summed E-state index contributed by atoms with van der Waals surface area (Å²) in [6.45, 7) is 0.291. The molecular weight excluding hydrogens is 432 g/mol. The summed E-state index contributed by atoms with van der Waals surface area (Å²) in [5.41, 5.74) is 2.69. The minimum atomic E-state index is -0.469. The number of rotatable bonds is 7. The molecule has 0 radical (unpaired) electrons. The lowest BCUT2D eigenvalue weighted by Crippen LogP contribution is -2.35. The number of hydrogen-bond donors (Lipinski definition) is 0. The number of fused-ring (bicyclic) bond motifs is 1. The molecule has 0 spiro atoms. The first-order valence-electron chi connectivity index (χ1n) is 10.6. The predicted molar refractivity (Wildman–Crippen MR) is 131 cm³/mol. The van der Waals surface area contributed by atoms with E-state index in [9.17, 15) is 4.79 Å². The van der Waals surface area contributed by atoms with Gasteiger partial charge in [0.25, 0.3) is 0 Å². The van der Waals surface area contributed by atoms with Crippen LogP contribution in [0.5, 0.6) is 5.75 Å². The Morgan fingerprint density at radius 3 is 2.27 bits per heavy atom. The van der Waals surface area contributed by atoms with Crippen LogP contribution in [0.4, 0.5) is 5.13 Å². The highest BCUT2D eigenvalue weighted by atomic mass is 32.1. The van der Waals surface area contributed by atoms with Gasteiger partial charge in [-0.1, -0.05) is 72.0 Å². The molecule has 0 unspecified atom stereocenters. The van der Waals surface area contributed by atoms with Crippen molar-refractivity contribution in [2.45, 2.75) is 12.5 Å². The van der Waals surface area contributed by atoms with E-state index >= 15 is 0 Å². The summed E-state index contributed by atoms with van der Waals surface area (Å²) < 4.78 is 11.9. The molecule has 0 saturated heterocycles. The number of thiazole rings is 1. The van der Waals surface area contributed by atoms with Crippen LogP contribution < -0.4 is 9.64 Å². The van der Waals surface area contributed by atoms with Gasteiger partial charge in [-0.05, 0) is 41.5 Å². The van der Waals surface area contributed by atoms with Crippen LogP contribution >= 0.6 is 11.3 Å². The van der Waals surface area contributed by atoms with Gasteiger partial charge in [-0.2, -0.15) is 0 Å². The van der Waals surface area contributed by atoms with Crippen LogP contribution in [0.3, 0.4) is 0 Å². The molecule has 0 aliphatic carbocycles. The monoisotopic (exact) mass is 454 g/mol. The molecule has 0 atom stereocenters. The zero-order valence-electron chi connectivity index (χ0n) is 18.0. The fourth-order valence-corrected chi connectivity index (χ4v) is 4.86. The van der Waals surface area contributed by atoms with Crippen molar-refractivity contribution in [2.24, 2.45) is 0 Å². The highest BCUT2D eigenvalue weighted by Crippen LogP contribution is 2.35. The fourth-order valence-electron chi connectivity index (χ4n) is 3.86. The summed E-state index contributed by atoms with van der Waals surface area (Å²) in [6.07, 6.45) is 1.62. The predicted octanol–water partition coefficient (Wildman–Crippen LogP) is 6.26. The van der Waals surface area contributed by atoms with Gasteiger partial charge in [0, 0.05) is 0 Å². The third-order valence-corrected chi connectivity index (χ3v) is 6.53. The number of nitrogens with zero attached hydrogens (tertiary/aromatic N) is 2. The lowest BCUT2D eigenvalue weighted by atomic mass is 9.90. The number of aromatic nitrogens is 1. The average molecular weight is 455 g/mol. The standard InChI is InChI=1S/C27H22N2O3S/c1-31-21-14-15-23-24(17-21)33-27(28-23)29(18-22-13-8-16-32-22)26(30)25(19-9-4-2-5-10-19)20-11-6-3-7-12-20/h2-17,25H,18H2,1H3. The second kappa shape index (κ2) is 9.30. The highest BCUT2D eigenvalue weighted by molar-refractivity contribution is 7.22. The minimum absolute atomic E-state index is 0.0604. The Labute approximate surface area is 195 Å². The molecule has 0 aliphatic rings. The number of amides is 1. The molecule has 3 aromatic carbocycles. The lowest BCUT2D eigenvalue weighted by Gasteiger charge is -2.25. The molecule has 5 aromatic rings. The number of furan rings is 1. The van der Waals surface area contributed by atoms with E-state index in [2.05, 4.69) is 0 Å². The van der Waals surface area contributed by atoms with Crippen LogP contribution in [-0.2, 0) is 11.3 Å². The van der Waals surface area contributed by atoms with Crippen molar-refractivity contribution in [1.82, 2.24) is 4.98 Å². The van der Waals surface area contributed by atoms with Crippen LogP contribution in [0.1, 0.15) is 22.8 Å². The summed E-state index contributed by atoms with van der Waals surface area (Å²) in [5.74, 6) is 0.923. The smallest absolute Gasteiger partial charge is 0.241 e. The molecule has 1 amide bonds. The largest absolute Gasteiger partial charge is 0.497 e. The van der Waals surface area contributed by atoms with Crippen LogP contribution in [-0.4, -0.2) is 18.0 Å². The number of benzene rings is 3. The quantitative estimate of drug-likeness (QED) is 0.291. The van der Waals surface area contributed by atoms with E-state index in [4.69, 9.17) is 14.1 Å². The van der Waals surface area contributed by atoms with Gasteiger partial charge < -0.3 is 9.15 Å². The van der Waals surface area contributed by atoms with Gasteiger partial charge in [0.1, 0.15) is 11.5 Å². The molecule has 164 valence electrons. The van der Waals surface area contributed by atoms with Crippen molar-refractivity contribution in [3.8, 4) is 5.75 Å². The Morgan fingerprint density at radius 1 is 0.970 bits per heavy atom. The Balaban J connectivity index is 1.61. The van der Waals surface area contributed by atoms with E-state index in [-0.39, 0.29) is 5.91 Å². The Hall–Kier alpha value is -3.90. The molecule has 33 heavy (non-hydrogen) atoms. The molecule has 6 heteroatoms. The fraction of sp³-hybridized carbons (Fsp3) is 0.111. The SMILES string of the molecule is COc1ccc2nc(N(Cc3ccco3)C(=O)C(c3ccccc3)c3ccccc3)sc2c1. The lowest BCUT2D eigenvalue weighted by molar-refractivity contribution is -0.119. The second-order valence-corrected chi connectivity index (χ2v) is 8.60. The third-order valence-electron chi connectivity index (χ3n) is 5.49. The van der Waals surface area contributed by atoms with Gasteiger partial charge in [-0.3, -0.25) is 9.69 Å². The maximum atomic E-state index is 14.2. The molecule has 0 N–H and O–H groups in total. The van der Waals surface area contributed by atoms with E-state index in [1.807, 2.05) is 91.0 Å². The van der Waals surface area contributed by atoms with Crippen LogP contribution in [0.25, 0.3) is 10.2 Å². The summed E-state index contributed by atoms with van der Waals surface area (Å²) >= 11 is 1.47. The van der Waals surface area contributed by atoms with Crippen LogP contribution in [0.15, 0.2) is 102 Å². The van der Waals surface area contributed by atoms with Crippen molar-refractivity contribution in [3.05, 3.63) is 114 Å². The van der Waals surface area contributed by atoms with Crippen molar-refractivity contribution in [2.75, 3.05) is 12.0 Å². The number of anilines is 1. The molecule has 0 aliphatic heterocycles. The van der Waals surface area contributed by atoms with Gasteiger partial charge in [-0.25, -0.2) is 4.98 Å². The Morgan fingerprint density at radius 2 is 1.67 bits per heavy atom. The molecule has 2 aromatic heterocycles. The highest BCUT2D eigenvalue weighted by Gasteiger charge is 2.31. The van der Waals surface area contributed by atoms with Gasteiger partial charge in [0.2, 0.25) is 5.91 Å². The Bertz CT molecular complexity index is 1310. The first-order valence-corrected chi connectivity index (χ1v) is 11.4. The maximum absolute atomic E-state index is 14.2. The second-order valence-electron chi connectivity index (χ2n) is 7.59. The zero-order chi connectivity index (χ0) is 22.6. The number of hydrogen-bond acceptors (Lipinski definition) is 5. The number of carbonyl (C=O) groups is 1. The summed E-state index contributed by atoms with van der Waals surface area (Å²) in [6, 6.07) is 29.1. The summed E-state index contributed by atoms with van der Waals surface area (Å²) in [5, 5.41) is 0.622. The van der Waals surface area contributed by atoms with Gasteiger partial charge >= 0.3 is 0 Å². The molecular formula is C27H22N2O3S. The van der Waals surface area contributed by atoms with Crippen LogP contribution in [0.2, 0.25) is 0 Å². The molecule has 2 heterocycles. The molecule has 0 saturated carbocycles. The van der Waals surface area contributed by atoms with Gasteiger partial charge in [-0.15, -0.1) is 0 Å². The van der Waals surface area contributed by atoms with E-state index in [1.54, 1.807) is 18.3 Å². The Kier molecular flexibility index (Phi) is 5.91. The summed E-state index contributed by atoms with van der Waals surface area (Å²) in [4.78, 5) is 20.7. The first kappa shape index (κ1) is 21.0. The average Bonchev–Trinajstić information content (AvgIpc) is 3.53. The van der Waals surface area contributed by atoms with Crippen molar-refractivity contribution in [3.63, 3.8) is 0 Å². The van der Waals surface area contributed by atoms with Gasteiger partial charge in [0.15, 0.2) is 5.13 Å². The van der Waals surface area contributed by atoms with Crippen LogP contribution in [0, 0.1) is 0 Å². The molecule has 0 bridgehead atoms. The van der Waals surface area contributed by atoms with E-state index in [0.29, 0.717) is 17.4 Å². The topological polar surface area (TPSA) is 55.6 Å². The number of ether oxygens (including phenoxy) is 1. The van der Waals surface area contributed by atoms with Crippen molar-refractivity contribution >= 4 is 32.6 Å². The minimum Gasteiger partial charge on any atom is -0.497 e. The first-order chi connectivity index (χ1) is 16.2. The van der Waals surface area contributed by atoms with Crippen molar-refractivity contribution in [1.29, 1.82) is 0 Å². The molecule has 0 fully saturated rings. The van der Waals surface area contributed by atoms with E-state index in [1.165, 1.54) is 11.3 Å². The molecule has 5 nitrogen and oxygen atoms in total. The van der Waals surface area contributed by atoms with Gasteiger partial charge in [0.05, 0.1) is 36.1 Å². The van der Waals surface area contributed by atoms with E-state index in [0.717, 1.165) is 27.1 Å². The third kappa shape index (κ3) is 4.38. The summed E-state index contributed by atoms with van der Waals surface area (Å²) in [7, 11) is 1.64. The zero-order valence-corrected chi connectivity index (χ0v) is 18.9. The molecule has 5 rings (SSSR count). The number of carbonyl (C=O) groups excluding carboxylic acids is 1. The van der Waals surface area contributed by atoms with E-state index < -0.39 is 5.92 Å². The normalized spacial score (nSPS) is 11.1. The maximum Gasteiger partial charge on any atom is 0.241 e.